The Bertz CT molecular complexity index is 658. The second-order valence-electron chi connectivity index (χ2n) is 7.40. The molecule has 0 radical (unpaired) electrons. The van der Waals surface area contributed by atoms with Gasteiger partial charge in [-0.1, -0.05) is 39.5 Å². The Morgan fingerprint density at radius 2 is 1.54 bits per heavy atom. The van der Waals surface area contributed by atoms with Crippen LogP contribution in [0.15, 0.2) is 34.9 Å². The molecule has 2 atom stereocenters. The van der Waals surface area contributed by atoms with Gasteiger partial charge in [0.15, 0.2) is 0 Å². The largest absolute Gasteiger partial charge is 0.388 e. The highest BCUT2D eigenvalue weighted by Gasteiger charge is 2.40. The quantitative estimate of drug-likeness (QED) is 0.136. The lowest BCUT2D eigenvalue weighted by molar-refractivity contribution is 0.193. The summed E-state index contributed by atoms with van der Waals surface area (Å²) >= 11 is 0. The lowest BCUT2D eigenvalue weighted by Gasteiger charge is -2.05. The fraction of sp³-hybridized carbons (Fsp3) is 0.714. The van der Waals surface area contributed by atoms with Crippen LogP contribution >= 0.6 is 7.80 Å². The molecule has 0 saturated heterocycles. The van der Waals surface area contributed by atoms with E-state index in [4.69, 9.17) is 4.74 Å². The van der Waals surface area contributed by atoms with Crippen LogP contribution in [0.3, 0.4) is 0 Å². The van der Waals surface area contributed by atoms with Crippen LogP contribution in [0.25, 0.3) is 0 Å². The van der Waals surface area contributed by atoms with Gasteiger partial charge in [0, 0.05) is 13.0 Å². The maximum Gasteiger partial charge on any atom is 0.388 e. The highest BCUT2D eigenvalue weighted by molar-refractivity contribution is 7.92. The van der Waals surface area contributed by atoms with Crippen molar-refractivity contribution >= 4 is 17.9 Å². The molecule has 2 unspecified atom stereocenters. The average molecular weight is 434 g/mol. The molecule has 7 heteroatoms. The summed E-state index contributed by atoms with van der Waals surface area (Å²) in [5.41, 5.74) is 4.01. The van der Waals surface area contributed by atoms with Gasteiger partial charge in [-0.3, -0.25) is 4.55 Å². The van der Waals surface area contributed by atoms with Crippen molar-refractivity contribution in [2.24, 2.45) is 0 Å². The Kier molecular flexibility index (Phi) is 14.6. The van der Waals surface area contributed by atoms with E-state index in [-0.39, 0.29) is 12.8 Å². The molecule has 0 rings (SSSR count). The summed E-state index contributed by atoms with van der Waals surface area (Å²) < 4.78 is 49.4. The first-order valence-corrected chi connectivity index (χ1v) is 13.0. The van der Waals surface area contributed by atoms with Gasteiger partial charge in [0.2, 0.25) is 6.35 Å². The van der Waals surface area contributed by atoms with Crippen molar-refractivity contribution in [1.82, 2.24) is 0 Å². The van der Waals surface area contributed by atoms with Crippen LogP contribution in [-0.2, 0) is 19.4 Å². The SMILES string of the molecule is CCOC[P+](=O)C(CCCC=C(C)CCC=C(C)CCC=C(C)C)S(=O)(=O)O. The monoisotopic (exact) mass is 433 g/mol. The molecule has 0 bridgehead atoms. The molecule has 0 aromatic carbocycles. The van der Waals surface area contributed by atoms with Crippen LogP contribution < -0.4 is 0 Å². The molecular weight excluding hydrogens is 395 g/mol. The van der Waals surface area contributed by atoms with Gasteiger partial charge in [-0.2, -0.15) is 8.42 Å². The first kappa shape index (κ1) is 27.2. The summed E-state index contributed by atoms with van der Waals surface area (Å²) in [6, 6.07) is 0. The van der Waals surface area contributed by atoms with E-state index in [1.807, 2.05) is 0 Å². The maximum absolute atomic E-state index is 12.1. The van der Waals surface area contributed by atoms with Crippen molar-refractivity contribution in [3.8, 4) is 0 Å². The van der Waals surface area contributed by atoms with Crippen LogP contribution in [0.2, 0.25) is 0 Å². The van der Waals surface area contributed by atoms with Crippen molar-refractivity contribution in [1.29, 1.82) is 0 Å². The van der Waals surface area contributed by atoms with Crippen molar-refractivity contribution in [3.63, 3.8) is 0 Å². The number of hydrogen-bond donors (Lipinski definition) is 1. The average Bonchev–Trinajstić information content (AvgIpc) is 2.58. The Balaban J connectivity index is 4.34. The lowest BCUT2D eigenvalue weighted by atomic mass is 10.1. The number of hydrogen-bond acceptors (Lipinski definition) is 4. The number of ether oxygens (including phenoxy) is 1. The molecule has 0 saturated carbocycles. The van der Waals surface area contributed by atoms with Crippen molar-refractivity contribution < 1.29 is 22.3 Å². The van der Waals surface area contributed by atoms with E-state index in [1.165, 1.54) is 16.7 Å². The standard InChI is InChI=1S/C21H37O5PS/c1-6-26-17-27(22)21(28(23,24)25)16-8-7-12-19(4)14-10-15-20(5)13-9-11-18(2)3/h11-12,15,21H,6-10,13-14,16-17H2,1-5H3/p+1. The number of unbranched alkanes of at least 4 members (excludes halogenated alkanes) is 1. The molecule has 162 valence electrons. The summed E-state index contributed by atoms with van der Waals surface area (Å²) in [4.78, 5) is -1.24. The summed E-state index contributed by atoms with van der Waals surface area (Å²) in [5.74, 6) is 0. The molecule has 0 aromatic heterocycles. The Hall–Kier alpha value is -0.810. The fourth-order valence-corrected chi connectivity index (χ4v) is 5.52. The molecule has 0 aromatic rings. The molecule has 0 amide bonds. The Morgan fingerprint density at radius 1 is 1.00 bits per heavy atom. The van der Waals surface area contributed by atoms with Gasteiger partial charge in [-0.05, 0) is 73.1 Å². The third-order valence-electron chi connectivity index (χ3n) is 4.36. The Morgan fingerprint density at radius 3 is 2.04 bits per heavy atom. The zero-order valence-electron chi connectivity index (χ0n) is 18.1. The topological polar surface area (TPSA) is 80.7 Å². The summed E-state index contributed by atoms with van der Waals surface area (Å²) in [6.45, 7) is 10.6. The predicted octanol–water partition coefficient (Wildman–Crippen LogP) is 6.61. The zero-order chi connectivity index (χ0) is 21.6. The molecule has 0 heterocycles. The maximum atomic E-state index is 12.1. The van der Waals surface area contributed by atoms with Crippen LogP contribution in [-0.4, -0.2) is 30.9 Å². The van der Waals surface area contributed by atoms with Gasteiger partial charge in [0.25, 0.3) is 4.99 Å². The van der Waals surface area contributed by atoms with Gasteiger partial charge in [0.1, 0.15) is 0 Å². The van der Waals surface area contributed by atoms with Gasteiger partial charge in [-0.25, -0.2) is 0 Å². The summed E-state index contributed by atoms with van der Waals surface area (Å²) in [5, 5.41) is 0. The molecule has 28 heavy (non-hydrogen) atoms. The van der Waals surface area contributed by atoms with E-state index in [1.54, 1.807) is 6.92 Å². The summed E-state index contributed by atoms with van der Waals surface area (Å²) in [7, 11) is -6.47. The van der Waals surface area contributed by atoms with Crippen molar-refractivity contribution in [2.45, 2.75) is 84.6 Å². The highest BCUT2D eigenvalue weighted by Crippen LogP contribution is 2.35. The number of rotatable bonds is 15. The molecule has 0 aliphatic carbocycles. The van der Waals surface area contributed by atoms with Crippen molar-refractivity contribution in [2.75, 3.05) is 13.0 Å². The zero-order valence-corrected chi connectivity index (χ0v) is 19.8. The van der Waals surface area contributed by atoms with E-state index < -0.39 is 22.9 Å². The second kappa shape index (κ2) is 15.1. The molecule has 1 N–H and O–H groups in total. The van der Waals surface area contributed by atoms with E-state index in [9.17, 15) is 17.5 Å². The van der Waals surface area contributed by atoms with Gasteiger partial charge in [-0.15, -0.1) is 0 Å². The first-order chi connectivity index (χ1) is 13.1. The lowest BCUT2D eigenvalue weighted by Crippen LogP contribution is -2.18. The van der Waals surface area contributed by atoms with Crippen LogP contribution in [0, 0.1) is 0 Å². The minimum absolute atomic E-state index is 0.134. The number of allylic oxidation sites excluding steroid dienone is 6. The van der Waals surface area contributed by atoms with E-state index in [0.29, 0.717) is 19.4 Å². The Labute approximate surface area is 172 Å². The smallest absolute Gasteiger partial charge is 0.338 e. The van der Waals surface area contributed by atoms with Gasteiger partial charge >= 0.3 is 17.9 Å². The van der Waals surface area contributed by atoms with E-state index >= 15 is 0 Å². The van der Waals surface area contributed by atoms with Crippen LogP contribution in [0.4, 0.5) is 0 Å². The van der Waals surface area contributed by atoms with Crippen LogP contribution in [0.1, 0.15) is 79.6 Å². The van der Waals surface area contributed by atoms with E-state index in [2.05, 4.69) is 45.9 Å². The molecule has 0 spiro atoms. The normalized spacial score (nSPS) is 14.7. The predicted molar refractivity (Wildman–Crippen MR) is 119 cm³/mol. The molecule has 0 fully saturated rings. The third kappa shape index (κ3) is 14.2. The van der Waals surface area contributed by atoms with Crippen molar-refractivity contribution in [3.05, 3.63) is 34.9 Å². The highest BCUT2D eigenvalue weighted by atomic mass is 32.2. The third-order valence-corrected chi connectivity index (χ3v) is 8.12. The van der Waals surface area contributed by atoms with Crippen LogP contribution in [0.5, 0.6) is 0 Å². The van der Waals surface area contributed by atoms with E-state index in [0.717, 1.165) is 25.7 Å². The first-order valence-electron chi connectivity index (χ1n) is 10.00. The molecule has 0 aliphatic heterocycles. The molecule has 5 nitrogen and oxygen atoms in total. The van der Waals surface area contributed by atoms with Gasteiger partial charge in [0.05, 0.1) is 0 Å². The minimum Gasteiger partial charge on any atom is -0.338 e. The minimum atomic E-state index is -4.33. The summed E-state index contributed by atoms with van der Waals surface area (Å²) in [6.07, 6.45) is 12.1. The van der Waals surface area contributed by atoms with Gasteiger partial charge < -0.3 is 4.74 Å². The fourth-order valence-electron chi connectivity index (χ4n) is 2.69. The molecular formula is C21H38O5PS+. The molecule has 0 aliphatic rings. The second-order valence-corrected chi connectivity index (χ2v) is 11.1.